The predicted octanol–water partition coefficient (Wildman–Crippen LogP) is 12.5. The highest BCUT2D eigenvalue weighted by atomic mass is 15.0. The molecule has 0 amide bonds. The van der Waals surface area contributed by atoms with Crippen LogP contribution in [0.1, 0.15) is 0 Å². The summed E-state index contributed by atoms with van der Waals surface area (Å²) in [5.74, 6) is 3.72. The van der Waals surface area contributed by atoms with E-state index in [0.717, 1.165) is 66.8 Å². The van der Waals surface area contributed by atoms with E-state index in [1.807, 2.05) is 134 Å². The lowest BCUT2D eigenvalue weighted by Gasteiger charge is -2.14. The van der Waals surface area contributed by atoms with E-state index in [1.54, 1.807) is 6.20 Å². The molecule has 10 rings (SSSR count). The Balaban J connectivity index is 1.05. The van der Waals surface area contributed by atoms with E-state index in [-0.39, 0.29) is 0 Å². The Labute approximate surface area is 347 Å². The fourth-order valence-electron chi connectivity index (χ4n) is 7.25. The van der Waals surface area contributed by atoms with Crippen LogP contribution in [0, 0.1) is 0 Å². The van der Waals surface area contributed by atoms with Crippen molar-refractivity contribution in [2.24, 2.45) is 0 Å². The molecule has 282 valence electrons. The Morgan fingerprint density at radius 1 is 0.217 bits per heavy atom. The number of hydrogen-bond acceptors (Lipinski definition) is 7. The van der Waals surface area contributed by atoms with Gasteiger partial charge in [-0.15, -0.1) is 0 Å². The molecule has 0 radical (unpaired) electrons. The highest BCUT2D eigenvalue weighted by Gasteiger charge is 2.16. The third-order valence-electron chi connectivity index (χ3n) is 10.3. The molecule has 60 heavy (non-hydrogen) atoms. The molecule has 0 N–H and O–H groups in total. The Morgan fingerprint density at radius 2 is 0.567 bits per heavy atom. The molecule has 0 atom stereocenters. The van der Waals surface area contributed by atoms with E-state index in [4.69, 9.17) is 29.9 Å². The summed E-state index contributed by atoms with van der Waals surface area (Å²) in [7, 11) is 0. The molecule has 7 nitrogen and oxygen atoms in total. The summed E-state index contributed by atoms with van der Waals surface area (Å²) in [6, 6.07) is 67.6. The Hall–Kier alpha value is -8.29. The zero-order valence-electron chi connectivity index (χ0n) is 32.3. The quantitative estimate of drug-likeness (QED) is 0.144. The van der Waals surface area contributed by atoms with E-state index in [2.05, 4.69) is 77.8 Å². The first-order chi connectivity index (χ1) is 29.7. The first-order valence-electron chi connectivity index (χ1n) is 19.7. The monoisotopic (exact) mass is 769 g/mol. The number of hydrogen-bond donors (Lipinski definition) is 0. The van der Waals surface area contributed by atoms with Gasteiger partial charge >= 0.3 is 0 Å². The lowest BCUT2D eigenvalue weighted by atomic mass is 9.91. The lowest BCUT2D eigenvalue weighted by Crippen LogP contribution is -2.00. The topological polar surface area (TPSA) is 90.2 Å². The van der Waals surface area contributed by atoms with Crippen molar-refractivity contribution in [2.75, 3.05) is 0 Å². The van der Waals surface area contributed by atoms with Crippen molar-refractivity contribution in [1.82, 2.24) is 34.9 Å². The van der Waals surface area contributed by atoms with Gasteiger partial charge in [-0.25, -0.2) is 29.9 Å². The van der Waals surface area contributed by atoms with Gasteiger partial charge in [0.2, 0.25) is 0 Å². The molecule has 0 aliphatic heterocycles. The first kappa shape index (κ1) is 36.1. The second-order valence-corrected chi connectivity index (χ2v) is 14.2. The molecule has 0 fully saturated rings. The molecule has 0 aliphatic rings. The molecular formula is C53H35N7. The van der Waals surface area contributed by atoms with Crippen molar-refractivity contribution < 1.29 is 0 Å². The van der Waals surface area contributed by atoms with Crippen LogP contribution in [-0.2, 0) is 0 Å². The van der Waals surface area contributed by atoms with Crippen molar-refractivity contribution in [3.8, 4) is 102 Å². The normalized spacial score (nSPS) is 11.0. The number of nitrogens with zero attached hydrogens (tertiary/aromatic N) is 7. The molecule has 3 aromatic heterocycles. The molecule has 0 spiro atoms. The van der Waals surface area contributed by atoms with Crippen molar-refractivity contribution in [2.45, 2.75) is 0 Å². The fraction of sp³-hybridized carbons (Fsp3) is 0. The lowest BCUT2D eigenvalue weighted by molar-refractivity contribution is 1.07. The van der Waals surface area contributed by atoms with Gasteiger partial charge in [0.05, 0.1) is 0 Å². The standard InChI is InChI=1S/C53H35N7/c1-5-15-37(16-6-1)48-55-49(38-17-7-2-8-18-38)58-52(57-48)41-28-26-36(27-29-41)47-34-43(30-31-46(47)45-25-14-32-54-35-45)42-23-13-24-44(33-42)53-59-50(39-19-9-3-10-20-39)56-51(60-53)40-21-11-4-12-22-40/h1-35H. The minimum absolute atomic E-state index is 0.608. The molecule has 0 unspecified atom stereocenters. The van der Waals surface area contributed by atoms with Gasteiger partial charge in [0, 0.05) is 51.3 Å². The van der Waals surface area contributed by atoms with Crippen LogP contribution in [0.15, 0.2) is 213 Å². The van der Waals surface area contributed by atoms with E-state index in [1.165, 1.54) is 0 Å². The predicted molar refractivity (Wildman–Crippen MR) is 240 cm³/mol. The Morgan fingerprint density at radius 3 is 1.02 bits per heavy atom. The SMILES string of the molecule is c1ccc(-c2nc(-c3ccccc3)nc(-c3ccc(-c4cc(-c5cccc(-c6nc(-c7ccccc7)nc(-c7ccccc7)n6)c5)ccc4-c4cccnc4)cc3)n2)cc1. The molecular weight excluding hydrogens is 735 g/mol. The van der Waals surface area contributed by atoms with Gasteiger partial charge in [-0.2, -0.15) is 0 Å². The minimum atomic E-state index is 0.608. The van der Waals surface area contributed by atoms with Gasteiger partial charge < -0.3 is 0 Å². The molecule has 0 aliphatic carbocycles. The summed E-state index contributed by atoms with van der Waals surface area (Å²) in [4.78, 5) is 34.1. The number of aromatic nitrogens is 7. The van der Waals surface area contributed by atoms with Crippen LogP contribution in [0.2, 0.25) is 0 Å². The van der Waals surface area contributed by atoms with Gasteiger partial charge in [0.15, 0.2) is 34.9 Å². The average molecular weight is 770 g/mol. The zero-order chi connectivity index (χ0) is 40.1. The van der Waals surface area contributed by atoms with Gasteiger partial charge in [-0.1, -0.05) is 182 Å². The highest BCUT2D eigenvalue weighted by molar-refractivity contribution is 5.88. The third kappa shape index (κ3) is 7.58. The van der Waals surface area contributed by atoms with Gasteiger partial charge in [-0.3, -0.25) is 4.98 Å². The average Bonchev–Trinajstić information content (AvgIpc) is 3.35. The van der Waals surface area contributed by atoms with Crippen LogP contribution >= 0.6 is 0 Å². The maximum atomic E-state index is 4.99. The summed E-state index contributed by atoms with van der Waals surface area (Å²) in [6.45, 7) is 0. The van der Waals surface area contributed by atoms with Gasteiger partial charge in [0.25, 0.3) is 0 Å². The van der Waals surface area contributed by atoms with Gasteiger partial charge in [0.1, 0.15) is 0 Å². The zero-order valence-corrected chi connectivity index (χ0v) is 32.3. The van der Waals surface area contributed by atoms with Crippen LogP contribution in [0.25, 0.3) is 102 Å². The smallest absolute Gasteiger partial charge is 0.164 e. The Kier molecular flexibility index (Phi) is 9.79. The highest BCUT2D eigenvalue weighted by Crippen LogP contribution is 2.37. The first-order valence-corrected chi connectivity index (χ1v) is 19.7. The van der Waals surface area contributed by atoms with E-state index in [0.29, 0.717) is 34.9 Å². The van der Waals surface area contributed by atoms with Crippen molar-refractivity contribution in [3.05, 3.63) is 213 Å². The van der Waals surface area contributed by atoms with E-state index in [9.17, 15) is 0 Å². The second-order valence-electron chi connectivity index (χ2n) is 14.2. The third-order valence-corrected chi connectivity index (χ3v) is 10.3. The van der Waals surface area contributed by atoms with Crippen LogP contribution in [0.5, 0.6) is 0 Å². The van der Waals surface area contributed by atoms with E-state index >= 15 is 0 Å². The molecule has 0 bridgehead atoms. The molecule has 0 saturated carbocycles. The molecule has 7 heteroatoms. The number of rotatable bonds is 9. The molecule has 10 aromatic rings. The summed E-state index contributed by atoms with van der Waals surface area (Å²) >= 11 is 0. The van der Waals surface area contributed by atoms with Crippen molar-refractivity contribution in [3.63, 3.8) is 0 Å². The summed E-state index contributed by atoms with van der Waals surface area (Å²) in [5.41, 5.74) is 11.8. The summed E-state index contributed by atoms with van der Waals surface area (Å²) < 4.78 is 0. The maximum Gasteiger partial charge on any atom is 0.164 e. The molecule has 7 aromatic carbocycles. The fourth-order valence-corrected chi connectivity index (χ4v) is 7.25. The summed E-state index contributed by atoms with van der Waals surface area (Å²) in [5, 5.41) is 0. The van der Waals surface area contributed by atoms with Crippen LogP contribution in [-0.4, -0.2) is 34.9 Å². The van der Waals surface area contributed by atoms with Crippen LogP contribution < -0.4 is 0 Å². The maximum absolute atomic E-state index is 4.99. The van der Waals surface area contributed by atoms with E-state index < -0.39 is 0 Å². The molecule has 3 heterocycles. The van der Waals surface area contributed by atoms with Gasteiger partial charge in [-0.05, 0) is 46.0 Å². The largest absolute Gasteiger partial charge is 0.264 e. The van der Waals surface area contributed by atoms with Crippen molar-refractivity contribution in [1.29, 1.82) is 0 Å². The van der Waals surface area contributed by atoms with Crippen LogP contribution in [0.4, 0.5) is 0 Å². The van der Waals surface area contributed by atoms with Crippen LogP contribution in [0.3, 0.4) is 0 Å². The van der Waals surface area contributed by atoms with Crippen molar-refractivity contribution >= 4 is 0 Å². The Bertz CT molecular complexity index is 2940. The molecule has 0 saturated heterocycles. The number of benzene rings is 7. The number of pyridine rings is 1. The second kappa shape index (κ2) is 16.3. The summed E-state index contributed by atoms with van der Waals surface area (Å²) in [6.07, 6.45) is 3.71. The minimum Gasteiger partial charge on any atom is -0.264 e.